The summed E-state index contributed by atoms with van der Waals surface area (Å²) in [5.41, 5.74) is 6.22. The summed E-state index contributed by atoms with van der Waals surface area (Å²) in [4.78, 5) is 11.4. The van der Waals surface area contributed by atoms with Crippen LogP contribution in [0.3, 0.4) is 0 Å². The number of hydrogen-bond acceptors (Lipinski definition) is 4. The highest BCUT2D eigenvalue weighted by Crippen LogP contribution is 2.24. The summed E-state index contributed by atoms with van der Waals surface area (Å²) in [5.74, 6) is 0.350. The molecule has 20 heavy (non-hydrogen) atoms. The molecule has 0 fully saturated rings. The van der Waals surface area contributed by atoms with Crippen molar-refractivity contribution in [2.24, 2.45) is 5.73 Å². The number of methoxy groups -OCH3 is 1. The molecule has 0 radical (unpaired) electrons. The Morgan fingerprint density at radius 2 is 1.70 bits per heavy atom. The van der Waals surface area contributed by atoms with Crippen LogP contribution in [-0.4, -0.2) is 25.2 Å². The second-order valence-electron chi connectivity index (χ2n) is 6.28. The molecule has 4 nitrogen and oxygen atoms in total. The molecule has 2 N–H and O–H groups in total. The molecule has 0 bridgehead atoms. The van der Waals surface area contributed by atoms with Crippen LogP contribution in [0.4, 0.5) is 0 Å². The van der Waals surface area contributed by atoms with Gasteiger partial charge in [-0.2, -0.15) is 0 Å². The third-order valence-corrected chi connectivity index (χ3v) is 3.26. The van der Waals surface area contributed by atoms with E-state index in [0.717, 1.165) is 5.75 Å². The van der Waals surface area contributed by atoms with Crippen LogP contribution in [0.1, 0.15) is 39.7 Å². The fraction of sp³-hybridized carbons (Fsp3) is 0.562. The van der Waals surface area contributed by atoms with E-state index in [1.807, 2.05) is 12.1 Å². The molecular weight excluding hydrogens is 254 g/mol. The van der Waals surface area contributed by atoms with Gasteiger partial charge < -0.3 is 15.2 Å². The molecule has 1 atom stereocenters. The zero-order valence-electron chi connectivity index (χ0n) is 13.0. The maximum absolute atomic E-state index is 11.4. The predicted octanol–water partition coefficient (Wildman–Crippen LogP) is 2.64. The number of carbonyl (C=O) groups excluding carboxylic acids is 1. The van der Waals surface area contributed by atoms with Gasteiger partial charge in [0.25, 0.3) is 0 Å². The topological polar surface area (TPSA) is 61.5 Å². The van der Waals surface area contributed by atoms with Crippen LogP contribution < -0.4 is 10.5 Å². The minimum absolute atomic E-state index is 0.124. The second-order valence-corrected chi connectivity index (χ2v) is 6.28. The van der Waals surface area contributed by atoms with E-state index in [2.05, 4.69) is 37.6 Å². The van der Waals surface area contributed by atoms with Crippen LogP contribution in [-0.2, 0) is 14.9 Å². The lowest BCUT2D eigenvalue weighted by Gasteiger charge is -2.22. The van der Waals surface area contributed by atoms with Crippen molar-refractivity contribution in [3.8, 4) is 5.75 Å². The van der Waals surface area contributed by atoms with E-state index in [9.17, 15) is 4.79 Å². The molecule has 112 valence electrons. The second kappa shape index (κ2) is 6.27. The van der Waals surface area contributed by atoms with Crippen molar-refractivity contribution in [3.05, 3.63) is 29.8 Å². The SMILES string of the molecule is COC(=O)C(C)(N)CCOc1ccc(C(C)(C)C)cc1. The first-order valence-electron chi connectivity index (χ1n) is 6.77. The first-order chi connectivity index (χ1) is 9.16. The number of nitrogens with two attached hydrogens (primary N) is 1. The van der Waals surface area contributed by atoms with Crippen molar-refractivity contribution in [2.45, 2.75) is 45.1 Å². The molecule has 0 spiro atoms. The smallest absolute Gasteiger partial charge is 0.325 e. The van der Waals surface area contributed by atoms with Crippen LogP contribution in [0, 0.1) is 0 Å². The van der Waals surface area contributed by atoms with Gasteiger partial charge in [-0.05, 0) is 30.0 Å². The van der Waals surface area contributed by atoms with E-state index in [1.54, 1.807) is 6.92 Å². The summed E-state index contributed by atoms with van der Waals surface area (Å²) in [6.07, 6.45) is 0.403. The summed E-state index contributed by atoms with van der Waals surface area (Å²) < 4.78 is 10.3. The van der Waals surface area contributed by atoms with Gasteiger partial charge in [-0.15, -0.1) is 0 Å². The molecule has 0 saturated heterocycles. The first-order valence-corrected chi connectivity index (χ1v) is 6.77. The number of rotatable bonds is 5. The van der Waals surface area contributed by atoms with E-state index in [0.29, 0.717) is 13.0 Å². The Labute approximate surface area is 121 Å². The third kappa shape index (κ3) is 4.53. The van der Waals surface area contributed by atoms with E-state index in [-0.39, 0.29) is 5.41 Å². The molecule has 0 aliphatic rings. The Balaban J connectivity index is 2.53. The Bertz CT molecular complexity index is 444. The third-order valence-electron chi connectivity index (χ3n) is 3.26. The standard InChI is InChI=1S/C16H25NO3/c1-15(2,3)12-6-8-13(9-7-12)20-11-10-16(4,17)14(18)19-5/h6-9H,10-11,17H2,1-5H3. The number of ether oxygens (including phenoxy) is 2. The molecule has 1 aromatic rings. The van der Waals surface area contributed by atoms with Gasteiger partial charge in [0.15, 0.2) is 0 Å². The van der Waals surface area contributed by atoms with E-state index < -0.39 is 11.5 Å². The molecule has 0 amide bonds. The van der Waals surface area contributed by atoms with Crippen molar-refractivity contribution in [2.75, 3.05) is 13.7 Å². The average Bonchev–Trinajstić information content (AvgIpc) is 2.37. The van der Waals surface area contributed by atoms with Gasteiger partial charge in [-0.1, -0.05) is 32.9 Å². The Morgan fingerprint density at radius 3 is 2.15 bits per heavy atom. The Kier molecular flexibility index (Phi) is 5.17. The van der Waals surface area contributed by atoms with Gasteiger partial charge in [0, 0.05) is 6.42 Å². The van der Waals surface area contributed by atoms with E-state index in [1.165, 1.54) is 12.7 Å². The molecule has 0 saturated carbocycles. The monoisotopic (exact) mass is 279 g/mol. The first kappa shape index (κ1) is 16.5. The van der Waals surface area contributed by atoms with Gasteiger partial charge in [-0.25, -0.2) is 0 Å². The molecule has 1 aromatic carbocycles. The highest BCUT2D eigenvalue weighted by molar-refractivity contribution is 5.79. The molecule has 4 heteroatoms. The minimum atomic E-state index is -1.01. The summed E-state index contributed by atoms with van der Waals surface area (Å²) >= 11 is 0. The summed E-state index contributed by atoms with van der Waals surface area (Å²) in [5, 5.41) is 0. The number of hydrogen-bond donors (Lipinski definition) is 1. The number of esters is 1. The lowest BCUT2D eigenvalue weighted by atomic mass is 9.87. The largest absolute Gasteiger partial charge is 0.494 e. The van der Waals surface area contributed by atoms with Crippen molar-refractivity contribution in [1.82, 2.24) is 0 Å². The van der Waals surface area contributed by atoms with Crippen LogP contribution in [0.25, 0.3) is 0 Å². The van der Waals surface area contributed by atoms with Crippen molar-refractivity contribution in [1.29, 1.82) is 0 Å². The molecule has 0 heterocycles. The Hall–Kier alpha value is -1.55. The Morgan fingerprint density at radius 1 is 1.15 bits per heavy atom. The maximum atomic E-state index is 11.4. The van der Waals surface area contributed by atoms with Gasteiger partial charge in [-0.3, -0.25) is 4.79 Å². The zero-order chi connectivity index (χ0) is 15.4. The zero-order valence-corrected chi connectivity index (χ0v) is 13.0. The van der Waals surface area contributed by atoms with Crippen LogP contribution in [0.15, 0.2) is 24.3 Å². The van der Waals surface area contributed by atoms with Crippen LogP contribution in [0.2, 0.25) is 0 Å². The highest BCUT2D eigenvalue weighted by Gasteiger charge is 2.29. The molecule has 1 rings (SSSR count). The summed E-state index contributed by atoms with van der Waals surface area (Å²) in [6, 6.07) is 7.98. The maximum Gasteiger partial charge on any atom is 0.325 e. The lowest BCUT2D eigenvalue weighted by Crippen LogP contribution is -2.46. The lowest BCUT2D eigenvalue weighted by molar-refractivity contribution is -0.146. The minimum Gasteiger partial charge on any atom is -0.494 e. The highest BCUT2D eigenvalue weighted by atomic mass is 16.5. The van der Waals surface area contributed by atoms with Crippen molar-refractivity contribution >= 4 is 5.97 Å². The molecular formula is C16H25NO3. The summed E-state index contributed by atoms with van der Waals surface area (Å²) in [6.45, 7) is 8.51. The van der Waals surface area contributed by atoms with Crippen LogP contribution >= 0.6 is 0 Å². The number of carbonyl (C=O) groups is 1. The average molecular weight is 279 g/mol. The quantitative estimate of drug-likeness (QED) is 0.842. The van der Waals surface area contributed by atoms with Gasteiger partial charge >= 0.3 is 5.97 Å². The van der Waals surface area contributed by atoms with Gasteiger partial charge in [0.1, 0.15) is 11.3 Å². The predicted molar refractivity (Wildman–Crippen MR) is 79.9 cm³/mol. The van der Waals surface area contributed by atoms with Gasteiger partial charge in [0.2, 0.25) is 0 Å². The van der Waals surface area contributed by atoms with Gasteiger partial charge in [0.05, 0.1) is 13.7 Å². The molecule has 0 aromatic heterocycles. The summed E-state index contributed by atoms with van der Waals surface area (Å²) in [7, 11) is 1.33. The fourth-order valence-corrected chi connectivity index (χ4v) is 1.77. The molecule has 0 aliphatic carbocycles. The van der Waals surface area contributed by atoms with Crippen molar-refractivity contribution < 1.29 is 14.3 Å². The van der Waals surface area contributed by atoms with Crippen molar-refractivity contribution in [3.63, 3.8) is 0 Å². The van der Waals surface area contributed by atoms with Crippen LogP contribution in [0.5, 0.6) is 5.75 Å². The number of benzene rings is 1. The van der Waals surface area contributed by atoms with E-state index in [4.69, 9.17) is 10.5 Å². The molecule has 1 unspecified atom stereocenters. The van der Waals surface area contributed by atoms with E-state index >= 15 is 0 Å². The molecule has 0 aliphatic heterocycles. The fourth-order valence-electron chi connectivity index (χ4n) is 1.77. The normalized spacial score (nSPS) is 14.5.